The fraction of sp³-hybridized carbons (Fsp3) is 0.167. The number of imidazole rings is 1. The van der Waals surface area contributed by atoms with Crippen LogP contribution in [-0.4, -0.2) is 49.8 Å². The van der Waals surface area contributed by atoms with Crippen LogP contribution in [-0.2, 0) is 16.1 Å². The Morgan fingerprint density at radius 1 is 1.22 bits per heavy atom. The van der Waals surface area contributed by atoms with Crippen molar-refractivity contribution >= 4 is 35.3 Å². The van der Waals surface area contributed by atoms with Crippen molar-refractivity contribution in [2.75, 3.05) is 7.11 Å². The van der Waals surface area contributed by atoms with Crippen molar-refractivity contribution in [1.82, 2.24) is 19.8 Å². The Kier molecular flexibility index (Phi) is 8.10. The van der Waals surface area contributed by atoms with Crippen LogP contribution >= 0.6 is 12.2 Å². The van der Waals surface area contributed by atoms with E-state index in [1.54, 1.807) is 24.4 Å². The molecule has 0 saturated carbocycles. The van der Waals surface area contributed by atoms with Gasteiger partial charge in [-0.3, -0.25) is 9.69 Å². The minimum atomic E-state index is -5.08. The first-order valence-electron chi connectivity index (χ1n) is 10.4. The Labute approximate surface area is 209 Å². The maximum Gasteiger partial charge on any atom is 0.490 e. The van der Waals surface area contributed by atoms with Crippen LogP contribution in [0.1, 0.15) is 16.8 Å². The summed E-state index contributed by atoms with van der Waals surface area (Å²) in [7, 11) is 1.62. The van der Waals surface area contributed by atoms with Gasteiger partial charge in [-0.2, -0.15) is 13.2 Å². The van der Waals surface area contributed by atoms with E-state index in [2.05, 4.69) is 10.3 Å². The number of aryl methyl sites for hydroxylation is 1. The van der Waals surface area contributed by atoms with Gasteiger partial charge in [-0.15, -0.1) is 0 Å². The second-order valence-electron chi connectivity index (χ2n) is 7.52. The lowest BCUT2D eigenvalue weighted by Gasteiger charge is -2.13. The molecule has 3 aromatic rings. The minimum Gasteiger partial charge on any atom is -0.495 e. The van der Waals surface area contributed by atoms with Crippen molar-refractivity contribution in [3.05, 3.63) is 83.6 Å². The number of alkyl halides is 3. The Morgan fingerprint density at radius 3 is 2.44 bits per heavy atom. The van der Waals surface area contributed by atoms with Gasteiger partial charge >= 0.3 is 12.1 Å². The highest BCUT2D eigenvalue weighted by Gasteiger charge is 2.38. The van der Waals surface area contributed by atoms with E-state index in [-0.39, 0.29) is 5.91 Å². The number of nitrogens with one attached hydrogen (secondary N) is 1. The van der Waals surface area contributed by atoms with E-state index in [0.717, 1.165) is 22.5 Å². The molecular formula is C24H21F3N4O4S. The second kappa shape index (κ2) is 11.0. The lowest BCUT2D eigenvalue weighted by molar-refractivity contribution is -0.192. The molecule has 2 N–H and O–H groups in total. The summed E-state index contributed by atoms with van der Waals surface area (Å²) in [6, 6.07) is 15.5. The van der Waals surface area contributed by atoms with E-state index in [9.17, 15) is 18.0 Å². The monoisotopic (exact) mass is 518 g/mol. The van der Waals surface area contributed by atoms with Crippen LogP contribution in [0.25, 0.3) is 11.8 Å². The Bertz CT molecular complexity index is 1310. The Hall–Kier alpha value is -4.19. The average Bonchev–Trinajstić information content (AvgIpc) is 3.37. The first-order chi connectivity index (χ1) is 17.0. The Morgan fingerprint density at radius 2 is 1.89 bits per heavy atom. The number of thiocarbonyl (C=S) groups is 1. The first kappa shape index (κ1) is 26.4. The summed E-state index contributed by atoms with van der Waals surface area (Å²) >= 11 is 5.36. The SMILES string of the molecule is COc1cc(/C=C2\NC(=S)N(Cc3ccccc3)C2=O)ccc1-n1cnc(C)c1.O=C(O)C(F)(F)F. The van der Waals surface area contributed by atoms with Gasteiger partial charge in [0.15, 0.2) is 5.11 Å². The predicted octanol–water partition coefficient (Wildman–Crippen LogP) is 4.08. The summed E-state index contributed by atoms with van der Waals surface area (Å²) < 4.78 is 39.2. The van der Waals surface area contributed by atoms with Crippen molar-refractivity contribution in [3.63, 3.8) is 0 Å². The lowest BCUT2D eigenvalue weighted by atomic mass is 10.1. The van der Waals surface area contributed by atoms with Crippen LogP contribution in [0.15, 0.2) is 66.8 Å². The molecule has 1 fully saturated rings. The van der Waals surface area contributed by atoms with Gasteiger partial charge < -0.3 is 19.7 Å². The van der Waals surface area contributed by atoms with Gasteiger partial charge in [-0.05, 0) is 48.5 Å². The highest BCUT2D eigenvalue weighted by atomic mass is 32.1. The predicted molar refractivity (Wildman–Crippen MR) is 129 cm³/mol. The number of methoxy groups -OCH3 is 1. The number of aromatic nitrogens is 2. The lowest BCUT2D eigenvalue weighted by Crippen LogP contribution is -2.29. The summed E-state index contributed by atoms with van der Waals surface area (Å²) in [4.78, 5) is 27.6. The van der Waals surface area contributed by atoms with Crippen LogP contribution < -0.4 is 10.1 Å². The maximum absolute atomic E-state index is 12.8. The van der Waals surface area contributed by atoms with Gasteiger partial charge in [-0.1, -0.05) is 36.4 Å². The molecule has 0 radical (unpaired) electrons. The largest absolute Gasteiger partial charge is 0.495 e. The molecule has 1 aromatic heterocycles. The number of rotatable bonds is 5. The number of nitrogens with zero attached hydrogens (tertiary/aromatic N) is 3. The molecule has 0 spiro atoms. The van der Waals surface area contributed by atoms with Gasteiger partial charge in [0.2, 0.25) is 0 Å². The number of carboxylic acid groups (broad SMARTS) is 1. The van der Waals surface area contributed by atoms with Crippen LogP contribution in [0.5, 0.6) is 5.75 Å². The van der Waals surface area contributed by atoms with Crippen LogP contribution in [0.4, 0.5) is 13.2 Å². The van der Waals surface area contributed by atoms with Crippen molar-refractivity contribution in [1.29, 1.82) is 0 Å². The number of carbonyl (C=O) groups excluding carboxylic acids is 1. The summed E-state index contributed by atoms with van der Waals surface area (Å²) in [5.41, 5.74) is 4.10. The molecule has 2 heterocycles. The Balaban J connectivity index is 0.000000454. The molecule has 12 heteroatoms. The van der Waals surface area contributed by atoms with E-state index < -0.39 is 12.1 Å². The van der Waals surface area contributed by atoms with E-state index in [1.165, 1.54) is 0 Å². The van der Waals surface area contributed by atoms with Crippen molar-refractivity contribution in [2.45, 2.75) is 19.6 Å². The number of carboxylic acids is 1. The highest BCUT2D eigenvalue weighted by Crippen LogP contribution is 2.26. The zero-order valence-electron chi connectivity index (χ0n) is 19.1. The molecule has 0 bridgehead atoms. The third-order valence-corrected chi connectivity index (χ3v) is 5.22. The maximum atomic E-state index is 12.8. The van der Waals surface area contributed by atoms with Crippen LogP contribution in [0, 0.1) is 6.92 Å². The molecule has 188 valence electrons. The summed E-state index contributed by atoms with van der Waals surface area (Å²) in [6.45, 7) is 2.37. The number of ether oxygens (including phenoxy) is 1. The zero-order valence-corrected chi connectivity index (χ0v) is 19.9. The number of benzene rings is 2. The zero-order chi connectivity index (χ0) is 26.5. The average molecular weight is 519 g/mol. The molecule has 2 aromatic carbocycles. The molecule has 1 saturated heterocycles. The van der Waals surface area contributed by atoms with Crippen molar-refractivity contribution in [2.24, 2.45) is 0 Å². The quantitative estimate of drug-likeness (QED) is 0.388. The number of carbonyl (C=O) groups is 2. The standard InChI is InChI=1S/C22H20N4O2S.C2HF3O2/c1-15-12-25(14-23-15)19-9-8-17(11-20(19)28-2)10-18-21(27)26(22(29)24-18)13-16-6-4-3-5-7-16;3-2(4,5)1(6)7/h3-12,14H,13H2,1-2H3,(H,24,29);(H,6,7)/b18-10-;. The van der Waals surface area contributed by atoms with E-state index >= 15 is 0 Å². The molecule has 1 amide bonds. The molecule has 0 atom stereocenters. The van der Waals surface area contributed by atoms with Crippen LogP contribution in [0.2, 0.25) is 0 Å². The molecule has 0 unspecified atom stereocenters. The smallest absolute Gasteiger partial charge is 0.490 e. The molecule has 0 aliphatic carbocycles. The summed E-state index contributed by atoms with van der Waals surface area (Å²) in [5, 5.41) is 10.6. The molecule has 4 rings (SSSR count). The normalized spacial score (nSPS) is 14.4. The number of hydrogen-bond donors (Lipinski definition) is 2. The third-order valence-electron chi connectivity index (χ3n) is 4.89. The van der Waals surface area contributed by atoms with Crippen molar-refractivity contribution in [3.8, 4) is 11.4 Å². The van der Waals surface area contributed by atoms with E-state index in [1.807, 2.05) is 66.2 Å². The summed E-state index contributed by atoms with van der Waals surface area (Å²) in [5.74, 6) is -2.22. The molecular weight excluding hydrogens is 497 g/mol. The molecule has 36 heavy (non-hydrogen) atoms. The van der Waals surface area contributed by atoms with Gasteiger partial charge in [0.1, 0.15) is 11.4 Å². The fourth-order valence-corrected chi connectivity index (χ4v) is 3.46. The fourth-order valence-electron chi connectivity index (χ4n) is 3.20. The number of aliphatic carboxylic acids is 1. The number of amides is 1. The minimum absolute atomic E-state index is 0.146. The second-order valence-corrected chi connectivity index (χ2v) is 7.91. The van der Waals surface area contributed by atoms with E-state index in [4.69, 9.17) is 26.9 Å². The molecule has 1 aliphatic heterocycles. The van der Waals surface area contributed by atoms with Gasteiger partial charge in [-0.25, -0.2) is 9.78 Å². The van der Waals surface area contributed by atoms with Crippen LogP contribution in [0.3, 0.4) is 0 Å². The highest BCUT2D eigenvalue weighted by molar-refractivity contribution is 7.80. The molecule has 8 nitrogen and oxygen atoms in total. The third kappa shape index (κ3) is 6.48. The summed E-state index contributed by atoms with van der Waals surface area (Å²) in [6.07, 6.45) is 0.371. The van der Waals surface area contributed by atoms with Gasteiger partial charge in [0.05, 0.1) is 31.4 Å². The van der Waals surface area contributed by atoms with Crippen molar-refractivity contribution < 1.29 is 32.6 Å². The van der Waals surface area contributed by atoms with Gasteiger partial charge in [0, 0.05) is 6.20 Å². The van der Waals surface area contributed by atoms with Gasteiger partial charge in [0.25, 0.3) is 5.91 Å². The topological polar surface area (TPSA) is 96.7 Å². The van der Waals surface area contributed by atoms with E-state index in [0.29, 0.717) is 23.1 Å². The number of hydrogen-bond acceptors (Lipinski definition) is 5. The first-order valence-corrected chi connectivity index (χ1v) is 10.8. The molecule has 1 aliphatic rings. The number of halogens is 3.